The summed E-state index contributed by atoms with van der Waals surface area (Å²) in [5.74, 6) is -0.991. The van der Waals surface area contributed by atoms with Gasteiger partial charge in [0.1, 0.15) is 0 Å². The van der Waals surface area contributed by atoms with Crippen molar-refractivity contribution in [2.45, 2.75) is 46.8 Å². The van der Waals surface area contributed by atoms with Gasteiger partial charge in [0.25, 0.3) is 5.91 Å². The van der Waals surface area contributed by atoms with Crippen LogP contribution >= 0.6 is 0 Å². The molecule has 0 saturated carbocycles. The number of aryl methyl sites for hydroxylation is 2. The molecule has 1 unspecified atom stereocenters. The number of hydrogen-bond acceptors (Lipinski definition) is 5. The number of carbonyl (C=O) groups excluding carboxylic acids is 2. The minimum absolute atomic E-state index is 0.0574. The van der Waals surface area contributed by atoms with Gasteiger partial charge < -0.3 is 10.1 Å². The Bertz CT molecular complexity index is 1340. The standard InChI is InChI=1S/C27H28N4O3/c1-16(2)31-25-22(15-28-31)21(14-23(29-25)20-12-7-6-8-13-20)27(33)34-19(5)26(32)30-24-17(3)10-9-11-18(24)4/h6-16,19H,1-5H3,(H,30,32). The highest BCUT2D eigenvalue weighted by Crippen LogP contribution is 2.27. The second kappa shape index (κ2) is 9.47. The normalized spacial score (nSPS) is 12.1. The zero-order valence-electron chi connectivity index (χ0n) is 20.0. The highest BCUT2D eigenvalue weighted by molar-refractivity contribution is 6.05. The van der Waals surface area contributed by atoms with Crippen LogP contribution in [0.2, 0.25) is 0 Å². The van der Waals surface area contributed by atoms with E-state index < -0.39 is 18.0 Å². The molecule has 0 aliphatic heterocycles. The van der Waals surface area contributed by atoms with Gasteiger partial charge in [0.05, 0.1) is 22.8 Å². The number of ether oxygens (including phenoxy) is 1. The molecule has 0 saturated heterocycles. The smallest absolute Gasteiger partial charge is 0.339 e. The molecule has 4 aromatic rings. The molecule has 0 spiro atoms. The number of carbonyl (C=O) groups is 2. The summed E-state index contributed by atoms with van der Waals surface area (Å²) in [6, 6.07) is 17.1. The van der Waals surface area contributed by atoms with E-state index in [1.54, 1.807) is 23.9 Å². The molecule has 0 aliphatic rings. The number of esters is 1. The van der Waals surface area contributed by atoms with Gasteiger partial charge in [0.2, 0.25) is 0 Å². The number of para-hydroxylation sites is 1. The van der Waals surface area contributed by atoms with Crippen molar-refractivity contribution in [3.05, 3.63) is 77.5 Å². The van der Waals surface area contributed by atoms with Crippen LogP contribution in [0.5, 0.6) is 0 Å². The molecule has 2 aromatic heterocycles. The number of fused-ring (bicyclic) bond motifs is 1. The molecule has 2 heterocycles. The van der Waals surface area contributed by atoms with Crippen LogP contribution < -0.4 is 5.32 Å². The molecule has 0 fully saturated rings. The lowest BCUT2D eigenvalue weighted by Crippen LogP contribution is -2.30. The number of pyridine rings is 1. The van der Waals surface area contributed by atoms with Crippen LogP contribution in [0.3, 0.4) is 0 Å². The van der Waals surface area contributed by atoms with Crippen molar-refractivity contribution in [1.82, 2.24) is 14.8 Å². The quantitative estimate of drug-likeness (QED) is 0.388. The van der Waals surface area contributed by atoms with Gasteiger partial charge in [0.15, 0.2) is 11.8 Å². The fraction of sp³-hybridized carbons (Fsp3) is 0.259. The summed E-state index contributed by atoms with van der Waals surface area (Å²) in [5.41, 5.74) is 5.03. The Morgan fingerprint density at radius 3 is 2.29 bits per heavy atom. The Morgan fingerprint density at radius 2 is 1.65 bits per heavy atom. The van der Waals surface area contributed by atoms with Gasteiger partial charge in [0, 0.05) is 17.3 Å². The minimum atomic E-state index is -0.991. The average molecular weight is 457 g/mol. The molecule has 1 amide bonds. The first-order valence-electron chi connectivity index (χ1n) is 11.3. The first kappa shape index (κ1) is 23.2. The summed E-state index contributed by atoms with van der Waals surface area (Å²) in [5, 5.41) is 7.90. The average Bonchev–Trinajstić information content (AvgIpc) is 3.25. The van der Waals surface area contributed by atoms with Crippen LogP contribution in [0.15, 0.2) is 60.8 Å². The van der Waals surface area contributed by atoms with Crippen LogP contribution in [0, 0.1) is 13.8 Å². The third-order valence-electron chi connectivity index (χ3n) is 5.73. The Kier molecular flexibility index (Phi) is 6.45. The fourth-order valence-electron chi connectivity index (χ4n) is 3.84. The minimum Gasteiger partial charge on any atom is -0.449 e. The molecule has 0 aliphatic carbocycles. The zero-order chi connectivity index (χ0) is 24.4. The maximum absolute atomic E-state index is 13.3. The van der Waals surface area contributed by atoms with E-state index in [1.807, 2.05) is 76.2 Å². The summed E-state index contributed by atoms with van der Waals surface area (Å²) >= 11 is 0. The van der Waals surface area contributed by atoms with Crippen molar-refractivity contribution in [1.29, 1.82) is 0 Å². The summed E-state index contributed by atoms with van der Waals surface area (Å²) < 4.78 is 7.38. The number of amides is 1. The van der Waals surface area contributed by atoms with Gasteiger partial charge >= 0.3 is 5.97 Å². The third-order valence-corrected chi connectivity index (χ3v) is 5.73. The number of benzene rings is 2. The summed E-state index contributed by atoms with van der Waals surface area (Å²) in [7, 11) is 0. The molecular weight excluding hydrogens is 428 g/mol. The first-order valence-corrected chi connectivity index (χ1v) is 11.3. The second-order valence-electron chi connectivity index (χ2n) is 8.64. The van der Waals surface area contributed by atoms with Crippen molar-refractivity contribution in [3.63, 3.8) is 0 Å². The molecule has 4 rings (SSSR count). The molecule has 1 atom stereocenters. The molecule has 174 valence electrons. The van der Waals surface area contributed by atoms with Crippen LogP contribution in [-0.4, -0.2) is 32.7 Å². The first-order chi connectivity index (χ1) is 16.3. The molecule has 0 radical (unpaired) electrons. The van der Waals surface area contributed by atoms with Crippen molar-refractivity contribution >= 4 is 28.6 Å². The number of anilines is 1. The van der Waals surface area contributed by atoms with Gasteiger partial charge in [-0.2, -0.15) is 5.10 Å². The fourth-order valence-corrected chi connectivity index (χ4v) is 3.84. The highest BCUT2D eigenvalue weighted by atomic mass is 16.5. The van der Waals surface area contributed by atoms with Crippen LogP contribution in [0.1, 0.15) is 48.3 Å². The van der Waals surface area contributed by atoms with E-state index in [9.17, 15) is 9.59 Å². The van der Waals surface area contributed by atoms with Gasteiger partial charge in [-0.25, -0.2) is 14.5 Å². The van der Waals surface area contributed by atoms with Crippen LogP contribution in [0.4, 0.5) is 5.69 Å². The molecule has 1 N–H and O–H groups in total. The number of hydrogen-bond donors (Lipinski definition) is 1. The van der Waals surface area contributed by atoms with E-state index in [0.717, 1.165) is 22.4 Å². The van der Waals surface area contributed by atoms with E-state index in [4.69, 9.17) is 9.72 Å². The predicted molar refractivity (Wildman–Crippen MR) is 133 cm³/mol. The lowest BCUT2D eigenvalue weighted by molar-refractivity contribution is -0.123. The Morgan fingerprint density at radius 1 is 0.971 bits per heavy atom. The van der Waals surface area contributed by atoms with Crippen molar-refractivity contribution in [2.24, 2.45) is 0 Å². The maximum atomic E-state index is 13.3. The monoisotopic (exact) mass is 456 g/mol. The highest BCUT2D eigenvalue weighted by Gasteiger charge is 2.24. The lowest BCUT2D eigenvalue weighted by Gasteiger charge is -2.17. The topological polar surface area (TPSA) is 86.1 Å². The van der Waals surface area contributed by atoms with E-state index in [-0.39, 0.29) is 6.04 Å². The molecule has 2 aromatic carbocycles. The Balaban J connectivity index is 1.66. The Hall–Kier alpha value is -4.00. The van der Waals surface area contributed by atoms with Crippen molar-refractivity contribution in [3.8, 4) is 11.3 Å². The van der Waals surface area contributed by atoms with Crippen molar-refractivity contribution < 1.29 is 14.3 Å². The molecule has 7 heteroatoms. The predicted octanol–water partition coefficient (Wildman–Crippen LogP) is 5.48. The Labute approximate surface area is 198 Å². The summed E-state index contributed by atoms with van der Waals surface area (Å²) in [6.45, 7) is 9.41. The summed E-state index contributed by atoms with van der Waals surface area (Å²) in [6.07, 6.45) is 0.629. The lowest BCUT2D eigenvalue weighted by atomic mass is 10.1. The van der Waals surface area contributed by atoms with Gasteiger partial charge in [-0.05, 0) is 51.8 Å². The van der Waals surface area contributed by atoms with E-state index in [2.05, 4.69) is 10.4 Å². The zero-order valence-corrected chi connectivity index (χ0v) is 20.0. The van der Waals surface area contributed by atoms with Gasteiger partial charge in [-0.1, -0.05) is 48.5 Å². The number of nitrogens with one attached hydrogen (secondary N) is 1. The van der Waals surface area contributed by atoms with Crippen LogP contribution in [0.25, 0.3) is 22.3 Å². The van der Waals surface area contributed by atoms with Gasteiger partial charge in [-0.15, -0.1) is 0 Å². The third kappa shape index (κ3) is 4.55. The largest absolute Gasteiger partial charge is 0.449 e. The number of aromatic nitrogens is 3. The van der Waals surface area contributed by atoms with E-state index >= 15 is 0 Å². The summed E-state index contributed by atoms with van der Waals surface area (Å²) in [4.78, 5) is 30.8. The molecular formula is C27H28N4O3. The number of nitrogens with zero attached hydrogens (tertiary/aromatic N) is 3. The maximum Gasteiger partial charge on any atom is 0.339 e. The molecule has 34 heavy (non-hydrogen) atoms. The van der Waals surface area contributed by atoms with Gasteiger partial charge in [-0.3, -0.25) is 4.79 Å². The van der Waals surface area contributed by atoms with E-state index in [1.165, 1.54) is 0 Å². The second-order valence-corrected chi connectivity index (χ2v) is 8.64. The van der Waals surface area contributed by atoms with E-state index in [0.29, 0.717) is 22.3 Å². The van der Waals surface area contributed by atoms with Crippen molar-refractivity contribution in [2.75, 3.05) is 5.32 Å². The molecule has 0 bridgehead atoms. The molecule has 7 nitrogen and oxygen atoms in total. The SMILES string of the molecule is Cc1cccc(C)c1NC(=O)C(C)OC(=O)c1cc(-c2ccccc2)nc2c1cnn2C(C)C. The number of rotatable bonds is 6. The van der Waals surface area contributed by atoms with Crippen LogP contribution in [-0.2, 0) is 9.53 Å².